The molecule has 1 aliphatic rings. The van der Waals surface area contributed by atoms with Crippen molar-refractivity contribution in [3.63, 3.8) is 0 Å². The fraction of sp³-hybridized carbons (Fsp3) is 0.0469. The summed E-state index contributed by atoms with van der Waals surface area (Å²) in [4.78, 5) is 5.27. The second-order valence-electron chi connectivity index (χ2n) is 17.8. The molecule has 0 spiro atoms. The molecule has 0 saturated carbocycles. The Bertz CT molecular complexity index is 3860. The lowest BCUT2D eigenvalue weighted by Crippen LogP contribution is -2.09. The van der Waals surface area contributed by atoms with E-state index in [9.17, 15) is 0 Å². The number of aryl methyl sites for hydroxylation is 1. The van der Waals surface area contributed by atoms with Crippen LogP contribution in [0.3, 0.4) is 0 Å². The van der Waals surface area contributed by atoms with Gasteiger partial charge in [0.25, 0.3) is 0 Å². The zero-order valence-corrected chi connectivity index (χ0v) is 36.6. The Morgan fingerprint density at radius 3 is 1.33 bits per heavy atom. The zero-order valence-electron chi connectivity index (χ0n) is 36.6. The lowest BCUT2D eigenvalue weighted by Gasteiger charge is -2.20. The maximum absolute atomic E-state index is 5.27. The van der Waals surface area contributed by atoms with Crippen molar-refractivity contribution in [2.45, 2.75) is 19.4 Å². The predicted molar refractivity (Wildman–Crippen MR) is 281 cm³/mol. The molecule has 0 fully saturated rings. The minimum Gasteiger partial charge on any atom is -0.317 e. The average Bonchev–Trinajstić information content (AvgIpc) is 3.77. The SMILES string of the molecule is Cc1ccc(-c2c3ccccc3c(-c3ccc4cc(-c5c6ccccc6c(-c6cccc(-c7nc8ccccc8n7C7C=CC=CC7)c6)c6ccccc56)ccc4c3)c3ccccc23)cc1. The van der Waals surface area contributed by atoms with Crippen molar-refractivity contribution in [2.24, 2.45) is 0 Å². The number of benzene rings is 11. The van der Waals surface area contributed by atoms with Crippen LogP contribution in [0.25, 0.3) is 121 Å². The summed E-state index contributed by atoms with van der Waals surface area (Å²) in [7, 11) is 0. The molecule has 0 bridgehead atoms. The number of hydrogen-bond donors (Lipinski definition) is 0. The van der Waals surface area contributed by atoms with Gasteiger partial charge < -0.3 is 4.57 Å². The summed E-state index contributed by atoms with van der Waals surface area (Å²) in [5.74, 6) is 0.994. The van der Waals surface area contributed by atoms with Crippen LogP contribution in [0.2, 0.25) is 0 Å². The summed E-state index contributed by atoms with van der Waals surface area (Å²) in [5, 5.41) is 12.5. The Kier molecular flexibility index (Phi) is 8.92. The summed E-state index contributed by atoms with van der Waals surface area (Å²) in [6, 6.07) is 76.6. The Hall–Kier alpha value is -8.33. The topological polar surface area (TPSA) is 17.8 Å². The normalized spacial score (nSPS) is 13.8. The molecule has 0 N–H and O–H groups in total. The molecule has 1 atom stereocenters. The molecule has 2 heteroatoms. The van der Waals surface area contributed by atoms with Gasteiger partial charge in [-0.1, -0.05) is 206 Å². The molecule has 66 heavy (non-hydrogen) atoms. The van der Waals surface area contributed by atoms with E-state index in [2.05, 4.69) is 242 Å². The largest absolute Gasteiger partial charge is 0.317 e. The predicted octanol–water partition coefficient (Wildman–Crippen LogP) is 17.5. The Labute approximate surface area is 384 Å². The first kappa shape index (κ1) is 38.2. The fourth-order valence-corrected chi connectivity index (χ4v) is 10.9. The second-order valence-corrected chi connectivity index (χ2v) is 17.8. The van der Waals surface area contributed by atoms with Crippen LogP contribution in [0.4, 0.5) is 0 Å². The highest BCUT2D eigenvalue weighted by molar-refractivity contribution is 6.23. The highest BCUT2D eigenvalue weighted by Crippen LogP contribution is 2.47. The van der Waals surface area contributed by atoms with Crippen molar-refractivity contribution in [3.05, 3.63) is 236 Å². The van der Waals surface area contributed by atoms with Gasteiger partial charge in [0.2, 0.25) is 0 Å². The minimum absolute atomic E-state index is 0.200. The highest BCUT2D eigenvalue weighted by Gasteiger charge is 2.22. The number of fused-ring (bicyclic) bond motifs is 6. The van der Waals surface area contributed by atoms with Crippen molar-refractivity contribution in [1.82, 2.24) is 9.55 Å². The molecule has 0 radical (unpaired) electrons. The third kappa shape index (κ3) is 6.14. The number of para-hydroxylation sites is 2. The number of nitrogens with zero attached hydrogens (tertiary/aromatic N) is 2. The van der Waals surface area contributed by atoms with E-state index in [0.717, 1.165) is 28.8 Å². The summed E-state index contributed by atoms with van der Waals surface area (Å²) in [6.07, 6.45) is 9.78. The maximum Gasteiger partial charge on any atom is 0.141 e. The third-order valence-electron chi connectivity index (χ3n) is 13.9. The van der Waals surface area contributed by atoms with Crippen molar-refractivity contribution in [2.75, 3.05) is 0 Å². The van der Waals surface area contributed by atoms with Crippen molar-refractivity contribution >= 4 is 64.9 Å². The number of aromatic nitrogens is 2. The van der Waals surface area contributed by atoms with E-state index in [-0.39, 0.29) is 6.04 Å². The van der Waals surface area contributed by atoms with E-state index in [1.165, 1.54) is 104 Å². The lowest BCUT2D eigenvalue weighted by molar-refractivity contribution is 0.631. The van der Waals surface area contributed by atoms with Crippen LogP contribution in [0.1, 0.15) is 18.0 Å². The minimum atomic E-state index is 0.200. The monoisotopic (exact) mass is 840 g/mol. The fourth-order valence-electron chi connectivity index (χ4n) is 10.9. The molecule has 310 valence electrons. The molecular weight excluding hydrogens is 797 g/mol. The van der Waals surface area contributed by atoms with Crippen molar-refractivity contribution < 1.29 is 0 Å². The van der Waals surface area contributed by atoms with Gasteiger partial charge in [0, 0.05) is 5.56 Å². The van der Waals surface area contributed by atoms with Gasteiger partial charge in [-0.2, -0.15) is 0 Å². The van der Waals surface area contributed by atoms with Crippen LogP contribution in [0.15, 0.2) is 231 Å². The highest BCUT2D eigenvalue weighted by atomic mass is 15.1. The number of allylic oxidation sites excluding steroid dienone is 4. The van der Waals surface area contributed by atoms with Gasteiger partial charge in [0.15, 0.2) is 0 Å². The first-order valence-corrected chi connectivity index (χ1v) is 23.1. The van der Waals surface area contributed by atoms with Crippen molar-refractivity contribution in [3.8, 4) is 55.9 Å². The first-order valence-electron chi connectivity index (χ1n) is 23.1. The van der Waals surface area contributed by atoms with Crippen LogP contribution in [-0.2, 0) is 0 Å². The number of imidazole rings is 1. The van der Waals surface area contributed by atoms with Gasteiger partial charge in [-0.15, -0.1) is 0 Å². The third-order valence-corrected chi connectivity index (χ3v) is 13.9. The Morgan fingerprint density at radius 2 is 0.833 bits per heavy atom. The Balaban J connectivity index is 0.953. The second kappa shape index (κ2) is 15.4. The summed E-state index contributed by atoms with van der Waals surface area (Å²) < 4.78 is 2.42. The maximum atomic E-state index is 5.27. The summed E-state index contributed by atoms with van der Waals surface area (Å²) in [6.45, 7) is 2.15. The van der Waals surface area contributed by atoms with Crippen molar-refractivity contribution in [1.29, 1.82) is 0 Å². The quantitative estimate of drug-likeness (QED) is 0.153. The van der Waals surface area contributed by atoms with E-state index in [0.29, 0.717) is 0 Å². The van der Waals surface area contributed by atoms with Gasteiger partial charge >= 0.3 is 0 Å². The number of rotatable bonds is 6. The molecule has 0 amide bonds. The average molecular weight is 841 g/mol. The molecule has 0 saturated heterocycles. The van der Waals surface area contributed by atoms with E-state index < -0.39 is 0 Å². The summed E-state index contributed by atoms with van der Waals surface area (Å²) in [5.41, 5.74) is 14.5. The standard InChI is InChI=1S/C64H44N2/c1-41-30-32-42(33-31-41)60-50-20-5-7-22-52(50)62(53-23-8-6-21-51(53)60)46-36-34-44-39-47(37-35-43(44)38-46)63-56-26-11-9-24-54(56)61(55-25-10-12-27-57(55)63)45-16-15-17-48(40-45)64-65-58-28-13-14-29-59(58)66(64)49-18-3-2-4-19-49/h2-18,20-40,49H,19H2,1H3. The molecule has 1 aliphatic carbocycles. The molecule has 0 aliphatic heterocycles. The molecule has 1 unspecified atom stereocenters. The molecule has 12 aromatic rings. The molecule has 2 nitrogen and oxygen atoms in total. The smallest absolute Gasteiger partial charge is 0.141 e. The van der Waals surface area contributed by atoms with E-state index in [4.69, 9.17) is 4.98 Å². The van der Waals surface area contributed by atoms with Gasteiger partial charge in [-0.05, 0) is 142 Å². The van der Waals surface area contributed by atoms with Gasteiger partial charge in [-0.25, -0.2) is 4.98 Å². The van der Waals surface area contributed by atoms with E-state index in [1.54, 1.807) is 0 Å². The molecule has 1 heterocycles. The van der Waals surface area contributed by atoms with Crippen LogP contribution in [0, 0.1) is 6.92 Å². The van der Waals surface area contributed by atoms with E-state index >= 15 is 0 Å². The molecular formula is C64H44N2. The van der Waals surface area contributed by atoms with Crippen LogP contribution in [0.5, 0.6) is 0 Å². The van der Waals surface area contributed by atoms with Gasteiger partial charge in [0.05, 0.1) is 17.1 Å². The molecule has 1 aromatic heterocycles. The van der Waals surface area contributed by atoms with Gasteiger partial charge in [-0.3, -0.25) is 0 Å². The Morgan fingerprint density at radius 1 is 0.394 bits per heavy atom. The lowest BCUT2D eigenvalue weighted by atomic mass is 9.84. The van der Waals surface area contributed by atoms with Crippen LogP contribution >= 0.6 is 0 Å². The first-order chi connectivity index (χ1) is 32.7. The van der Waals surface area contributed by atoms with Gasteiger partial charge in [0.1, 0.15) is 5.82 Å². The van der Waals surface area contributed by atoms with Crippen LogP contribution < -0.4 is 0 Å². The summed E-state index contributed by atoms with van der Waals surface area (Å²) >= 11 is 0. The van der Waals surface area contributed by atoms with E-state index in [1.807, 2.05) is 0 Å². The number of hydrogen-bond acceptors (Lipinski definition) is 1. The van der Waals surface area contributed by atoms with Crippen LogP contribution in [-0.4, -0.2) is 9.55 Å². The molecule has 11 aromatic carbocycles. The molecule has 13 rings (SSSR count). The zero-order chi connectivity index (χ0) is 43.7.